The number of hydrogen-bond donors (Lipinski definition) is 0. The van der Waals surface area contributed by atoms with Crippen molar-refractivity contribution in [3.8, 4) is 0 Å². The third kappa shape index (κ3) is 2.96. The van der Waals surface area contributed by atoms with E-state index in [1.807, 2.05) is 19.1 Å². The molecule has 0 radical (unpaired) electrons. The summed E-state index contributed by atoms with van der Waals surface area (Å²) < 4.78 is 19.6. The number of nitro groups is 1. The van der Waals surface area contributed by atoms with E-state index in [4.69, 9.17) is 4.42 Å². The summed E-state index contributed by atoms with van der Waals surface area (Å²) in [5.41, 5.74) is 1.55. The Balaban J connectivity index is 1.78. The van der Waals surface area contributed by atoms with Gasteiger partial charge in [-0.2, -0.15) is 0 Å². The summed E-state index contributed by atoms with van der Waals surface area (Å²) in [6.07, 6.45) is 0. The summed E-state index contributed by atoms with van der Waals surface area (Å²) >= 11 is 0. The molecule has 0 saturated carbocycles. The topological polar surface area (TPSA) is 93.7 Å². The molecule has 0 saturated heterocycles. The van der Waals surface area contributed by atoms with Gasteiger partial charge >= 0.3 is 0 Å². The molecule has 32 heavy (non-hydrogen) atoms. The number of nitro benzene ring substituents is 1. The fraction of sp³-hybridized carbons (Fsp3) is 0.0833. The highest BCUT2D eigenvalue weighted by atomic mass is 19.1. The molecule has 1 amide bonds. The summed E-state index contributed by atoms with van der Waals surface area (Å²) in [5, 5.41) is 11.1. The Morgan fingerprint density at radius 3 is 2.34 bits per heavy atom. The number of carbonyl (C=O) groups excluding carboxylic acids is 1. The predicted molar refractivity (Wildman–Crippen MR) is 115 cm³/mol. The van der Waals surface area contributed by atoms with E-state index < -0.39 is 28.1 Å². The van der Waals surface area contributed by atoms with E-state index in [0.29, 0.717) is 11.3 Å². The summed E-state index contributed by atoms with van der Waals surface area (Å²) in [7, 11) is 0. The van der Waals surface area contributed by atoms with Crippen LogP contribution in [0.15, 0.2) is 75.9 Å². The molecule has 0 bridgehead atoms. The zero-order valence-corrected chi connectivity index (χ0v) is 16.7. The molecule has 0 aliphatic carbocycles. The van der Waals surface area contributed by atoms with Crippen LogP contribution >= 0.6 is 0 Å². The van der Waals surface area contributed by atoms with Crippen molar-refractivity contribution in [1.29, 1.82) is 0 Å². The van der Waals surface area contributed by atoms with Crippen molar-refractivity contribution in [3.05, 3.63) is 115 Å². The van der Waals surface area contributed by atoms with Crippen LogP contribution in [-0.4, -0.2) is 10.8 Å². The van der Waals surface area contributed by atoms with Gasteiger partial charge in [0.15, 0.2) is 5.43 Å². The molecule has 0 fully saturated rings. The number of carbonyl (C=O) groups is 1. The molecule has 4 aromatic rings. The lowest BCUT2D eigenvalue weighted by atomic mass is 9.98. The highest BCUT2D eigenvalue weighted by molar-refractivity contribution is 6.10. The highest BCUT2D eigenvalue weighted by Crippen LogP contribution is 2.41. The number of rotatable bonds is 3. The average Bonchev–Trinajstić information content (AvgIpc) is 3.07. The summed E-state index contributed by atoms with van der Waals surface area (Å²) in [5.74, 6) is -1.25. The molecule has 8 heteroatoms. The number of fused-ring (bicyclic) bond motifs is 2. The summed E-state index contributed by atoms with van der Waals surface area (Å²) in [6, 6.07) is 15.5. The first kappa shape index (κ1) is 19.6. The van der Waals surface area contributed by atoms with Crippen molar-refractivity contribution in [2.45, 2.75) is 13.0 Å². The minimum Gasteiger partial charge on any atom is -0.450 e. The lowest BCUT2D eigenvalue weighted by Gasteiger charge is -2.25. The number of aryl methyl sites for hydroxylation is 1. The Labute approximate surface area is 180 Å². The lowest BCUT2D eigenvalue weighted by Crippen LogP contribution is -2.29. The minimum absolute atomic E-state index is 0.0224. The molecule has 1 aliphatic heterocycles. The Morgan fingerprint density at radius 1 is 1.00 bits per heavy atom. The predicted octanol–water partition coefficient (Wildman–Crippen LogP) is 4.90. The first-order valence-corrected chi connectivity index (χ1v) is 9.76. The smallest absolute Gasteiger partial charge is 0.295 e. The molecule has 3 aromatic carbocycles. The van der Waals surface area contributed by atoms with Crippen LogP contribution in [0, 0.1) is 22.9 Å². The molecule has 158 valence electrons. The average molecular weight is 430 g/mol. The van der Waals surface area contributed by atoms with Gasteiger partial charge in [-0.25, -0.2) is 4.39 Å². The molecule has 5 rings (SSSR count). The molecular weight excluding hydrogens is 415 g/mol. The summed E-state index contributed by atoms with van der Waals surface area (Å²) in [4.78, 5) is 38.8. The van der Waals surface area contributed by atoms with Gasteiger partial charge in [-0.3, -0.25) is 24.6 Å². The lowest BCUT2D eigenvalue weighted by molar-refractivity contribution is -0.384. The zero-order valence-electron chi connectivity index (χ0n) is 16.7. The van der Waals surface area contributed by atoms with E-state index >= 15 is 0 Å². The molecular formula is C24H15FN2O5. The van der Waals surface area contributed by atoms with Crippen molar-refractivity contribution in [2.75, 3.05) is 4.90 Å². The summed E-state index contributed by atoms with van der Waals surface area (Å²) in [6.45, 7) is 1.91. The standard InChI is InChI=1S/C24H15FN2O5/c1-13-2-7-16(8-3-13)26-21(14-4-9-17(10-5-14)27(30)31)20-22(28)18-12-15(25)6-11-19(18)32-23(20)24(26)29/h2-12,21H,1H3. The fourth-order valence-corrected chi connectivity index (χ4v) is 4.01. The van der Waals surface area contributed by atoms with Crippen LogP contribution in [0.25, 0.3) is 11.0 Å². The molecule has 1 atom stereocenters. The van der Waals surface area contributed by atoms with Crippen LogP contribution in [0.5, 0.6) is 0 Å². The number of amides is 1. The number of non-ortho nitro benzene ring substituents is 1. The van der Waals surface area contributed by atoms with E-state index in [1.54, 1.807) is 12.1 Å². The zero-order chi connectivity index (χ0) is 22.6. The molecule has 2 heterocycles. The van der Waals surface area contributed by atoms with Gasteiger partial charge in [-0.15, -0.1) is 0 Å². The molecule has 0 spiro atoms. The van der Waals surface area contributed by atoms with Crippen molar-refractivity contribution in [1.82, 2.24) is 0 Å². The van der Waals surface area contributed by atoms with Gasteiger partial charge in [0.1, 0.15) is 11.4 Å². The molecule has 1 aromatic heterocycles. The van der Waals surface area contributed by atoms with Crippen LogP contribution in [0.1, 0.15) is 33.3 Å². The maximum absolute atomic E-state index is 13.8. The quantitative estimate of drug-likeness (QED) is 0.340. The Bertz CT molecular complexity index is 1460. The first-order valence-electron chi connectivity index (χ1n) is 9.76. The number of halogens is 1. The van der Waals surface area contributed by atoms with Gasteiger partial charge in [0.05, 0.1) is 21.9 Å². The van der Waals surface area contributed by atoms with Crippen molar-refractivity contribution in [3.63, 3.8) is 0 Å². The normalized spacial score (nSPS) is 15.2. The van der Waals surface area contributed by atoms with E-state index in [-0.39, 0.29) is 28.0 Å². The highest BCUT2D eigenvalue weighted by Gasteiger charge is 2.43. The largest absolute Gasteiger partial charge is 0.450 e. The van der Waals surface area contributed by atoms with Crippen LogP contribution < -0.4 is 10.3 Å². The van der Waals surface area contributed by atoms with E-state index in [0.717, 1.165) is 17.7 Å². The Hall–Kier alpha value is -4.33. The second kappa shape index (κ2) is 7.12. The van der Waals surface area contributed by atoms with Gasteiger partial charge in [-0.05, 0) is 55.0 Å². The third-order valence-electron chi connectivity index (χ3n) is 5.56. The van der Waals surface area contributed by atoms with Crippen LogP contribution in [0.4, 0.5) is 15.8 Å². The van der Waals surface area contributed by atoms with E-state index in [2.05, 4.69) is 0 Å². The van der Waals surface area contributed by atoms with Gasteiger partial charge < -0.3 is 4.42 Å². The van der Waals surface area contributed by atoms with Crippen LogP contribution in [-0.2, 0) is 0 Å². The van der Waals surface area contributed by atoms with Gasteiger partial charge in [-0.1, -0.05) is 17.7 Å². The molecule has 1 aliphatic rings. The molecule has 7 nitrogen and oxygen atoms in total. The number of benzene rings is 3. The SMILES string of the molecule is Cc1ccc(N2C(=O)c3oc4ccc(F)cc4c(=O)c3C2c2ccc([N+](=O)[O-])cc2)cc1. The Morgan fingerprint density at radius 2 is 1.69 bits per heavy atom. The Kier molecular flexibility index (Phi) is 4.37. The van der Waals surface area contributed by atoms with E-state index in [9.17, 15) is 24.1 Å². The number of anilines is 1. The number of nitrogens with zero attached hydrogens (tertiary/aromatic N) is 2. The van der Waals surface area contributed by atoms with E-state index in [1.165, 1.54) is 35.2 Å². The monoisotopic (exact) mass is 430 g/mol. The van der Waals surface area contributed by atoms with Crippen molar-refractivity contribution in [2.24, 2.45) is 0 Å². The van der Waals surface area contributed by atoms with Crippen molar-refractivity contribution < 1.29 is 18.5 Å². The second-order valence-electron chi connectivity index (χ2n) is 7.58. The fourth-order valence-electron chi connectivity index (χ4n) is 4.01. The molecule has 1 unspecified atom stereocenters. The van der Waals surface area contributed by atoms with Crippen LogP contribution in [0.2, 0.25) is 0 Å². The minimum atomic E-state index is -0.884. The maximum Gasteiger partial charge on any atom is 0.295 e. The van der Waals surface area contributed by atoms with Gasteiger partial charge in [0.2, 0.25) is 5.76 Å². The van der Waals surface area contributed by atoms with Crippen molar-refractivity contribution >= 4 is 28.3 Å². The third-order valence-corrected chi connectivity index (χ3v) is 5.56. The first-order chi connectivity index (χ1) is 15.3. The van der Waals surface area contributed by atoms with Gasteiger partial charge in [0.25, 0.3) is 11.6 Å². The molecule has 0 N–H and O–H groups in total. The van der Waals surface area contributed by atoms with Gasteiger partial charge in [0, 0.05) is 17.8 Å². The number of hydrogen-bond acceptors (Lipinski definition) is 5. The van der Waals surface area contributed by atoms with Crippen LogP contribution in [0.3, 0.4) is 0 Å². The maximum atomic E-state index is 13.8. The second-order valence-corrected chi connectivity index (χ2v) is 7.58.